The monoisotopic (exact) mass is 395 g/mol. The van der Waals surface area contributed by atoms with Gasteiger partial charge in [-0.15, -0.1) is 6.58 Å². The number of nitrogens with zero attached hydrogens (tertiary/aromatic N) is 1. The molecule has 2 atom stereocenters. The first-order chi connectivity index (χ1) is 11.2. The molecule has 0 saturated carbocycles. The van der Waals surface area contributed by atoms with E-state index in [9.17, 15) is 13.2 Å². The van der Waals surface area contributed by atoms with Gasteiger partial charge >= 0.3 is 0 Å². The van der Waals surface area contributed by atoms with E-state index in [1.165, 1.54) is 6.08 Å². The first kappa shape index (κ1) is 24.3. The van der Waals surface area contributed by atoms with Crippen molar-refractivity contribution in [2.24, 2.45) is 5.92 Å². The molecule has 0 aromatic rings. The summed E-state index contributed by atoms with van der Waals surface area (Å²) in [5.74, 6) is -0.189. The molecule has 7 nitrogen and oxygen atoms in total. The Bertz CT molecular complexity index is 529. The largest absolute Gasteiger partial charge is 0.411 e. The van der Waals surface area contributed by atoms with Crippen LogP contribution >= 0.6 is 0 Å². The third kappa shape index (κ3) is 9.50. The summed E-state index contributed by atoms with van der Waals surface area (Å²) in [5, 5.41) is 1.12. The van der Waals surface area contributed by atoms with Gasteiger partial charge in [0.1, 0.15) is 0 Å². The number of carbonyl (C=O) groups is 1. The van der Waals surface area contributed by atoms with Crippen molar-refractivity contribution in [2.45, 2.75) is 51.9 Å². The summed E-state index contributed by atoms with van der Waals surface area (Å²) in [6.07, 6.45) is 2.65. The molecule has 0 aromatic carbocycles. The highest BCUT2D eigenvalue weighted by Gasteiger charge is 2.40. The van der Waals surface area contributed by atoms with Gasteiger partial charge in [-0.25, -0.2) is 5.06 Å². The lowest BCUT2D eigenvalue weighted by atomic mass is 10.1. The van der Waals surface area contributed by atoms with Crippen molar-refractivity contribution in [1.29, 1.82) is 0 Å². The van der Waals surface area contributed by atoms with Crippen molar-refractivity contribution in [3.8, 4) is 0 Å². The first-order valence-corrected chi connectivity index (χ1v) is 12.9. The molecule has 1 amide bonds. The quantitative estimate of drug-likeness (QED) is 0.166. The molecule has 0 aromatic heterocycles. The van der Waals surface area contributed by atoms with E-state index in [0.717, 1.165) is 11.3 Å². The second-order valence-electron chi connectivity index (χ2n) is 7.67. The van der Waals surface area contributed by atoms with Crippen LogP contribution in [-0.2, 0) is 28.4 Å². The topological polar surface area (TPSA) is 82.1 Å². The van der Waals surface area contributed by atoms with Gasteiger partial charge in [0.2, 0.25) is 6.41 Å². The Kier molecular flexibility index (Phi) is 9.53. The van der Waals surface area contributed by atoms with Gasteiger partial charge in [-0.05, 0) is 18.1 Å². The maximum atomic E-state index is 11.4. The highest BCUT2D eigenvalue weighted by molar-refractivity contribution is 7.85. The number of hydrogen-bond acceptors (Lipinski definition) is 6. The number of amides is 1. The van der Waals surface area contributed by atoms with Crippen LogP contribution in [0.15, 0.2) is 12.7 Å². The van der Waals surface area contributed by atoms with E-state index in [0.29, 0.717) is 6.41 Å². The Labute approximate surface area is 153 Å². The van der Waals surface area contributed by atoms with Gasteiger partial charge in [0.15, 0.2) is 8.32 Å². The van der Waals surface area contributed by atoms with E-state index < -0.39 is 24.5 Å². The smallest absolute Gasteiger partial charge is 0.264 e. The fourth-order valence-corrected chi connectivity index (χ4v) is 3.53. The van der Waals surface area contributed by atoms with Crippen LogP contribution in [-0.4, -0.2) is 60.3 Å². The minimum Gasteiger partial charge on any atom is -0.411 e. The lowest BCUT2D eigenvalue weighted by molar-refractivity contribution is -0.173. The maximum absolute atomic E-state index is 11.4. The SMILES string of the molecule is C=CCON(C=O)CC(C)C(COS(C)(=O)=O)O[Si](C)(C)C(C)(C)C. The normalized spacial score (nSPS) is 15.5. The maximum Gasteiger partial charge on any atom is 0.264 e. The fourth-order valence-electron chi connectivity index (χ4n) is 1.74. The average molecular weight is 396 g/mol. The fraction of sp³-hybridized carbons (Fsp3) is 0.812. The highest BCUT2D eigenvalue weighted by atomic mass is 32.2. The molecule has 0 bridgehead atoms. The molecule has 2 unspecified atom stereocenters. The molecule has 9 heteroatoms. The summed E-state index contributed by atoms with van der Waals surface area (Å²) in [5.41, 5.74) is 0. The van der Waals surface area contributed by atoms with Crippen LogP contribution < -0.4 is 0 Å². The lowest BCUT2D eigenvalue weighted by Crippen LogP contribution is -2.48. The zero-order chi connectivity index (χ0) is 19.9. The predicted molar refractivity (Wildman–Crippen MR) is 101 cm³/mol. The molecule has 0 saturated heterocycles. The van der Waals surface area contributed by atoms with Crippen LogP contribution in [0.4, 0.5) is 0 Å². The Hall–Kier alpha value is -0.743. The van der Waals surface area contributed by atoms with E-state index in [1.54, 1.807) is 0 Å². The molecular formula is C16H33NO6SSi. The van der Waals surface area contributed by atoms with Crippen molar-refractivity contribution >= 4 is 24.8 Å². The molecule has 0 aliphatic heterocycles. The van der Waals surface area contributed by atoms with Crippen molar-refractivity contribution in [1.82, 2.24) is 5.06 Å². The van der Waals surface area contributed by atoms with Gasteiger partial charge in [0, 0.05) is 5.92 Å². The molecule has 0 heterocycles. The molecule has 0 aliphatic rings. The molecule has 0 radical (unpaired) electrons. The van der Waals surface area contributed by atoms with Crippen LogP contribution in [0, 0.1) is 5.92 Å². The summed E-state index contributed by atoms with van der Waals surface area (Å²) in [7, 11) is -5.74. The second-order valence-corrected chi connectivity index (χ2v) is 14.1. The Morgan fingerprint density at radius 1 is 1.28 bits per heavy atom. The van der Waals surface area contributed by atoms with Crippen LogP contribution in [0.2, 0.25) is 18.1 Å². The predicted octanol–water partition coefficient (Wildman–Crippen LogP) is 2.57. The standard InChI is InChI=1S/C16H33NO6SSi/c1-9-10-21-17(13-18)11-14(2)15(12-22-24(6,19)20)23-25(7,8)16(3,4)5/h9,13-15H,1,10-12H2,2-8H3. The molecular weight excluding hydrogens is 362 g/mol. The number of rotatable bonds is 12. The summed E-state index contributed by atoms with van der Waals surface area (Å²) >= 11 is 0. The van der Waals surface area contributed by atoms with Crippen LogP contribution in [0.25, 0.3) is 0 Å². The van der Waals surface area contributed by atoms with Gasteiger partial charge in [-0.2, -0.15) is 8.42 Å². The van der Waals surface area contributed by atoms with Crippen molar-refractivity contribution < 1.29 is 26.7 Å². The Morgan fingerprint density at radius 2 is 1.84 bits per heavy atom. The summed E-state index contributed by atoms with van der Waals surface area (Å²) < 4.78 is 34.1. The summed E-state index contributed by atoms with van der Waals surface area (Å²) in [6, 6.07) is 0. The molecule has 25 heavy (non-hydrogen) atoms. The van der Waals surface area contributed by atoms with E-state index in [1.807, 2.05) is 6.92 Å². The molecule has 0 fully saturated rings. The molecule has 0 spiro atoms. The minimum absolute atomic E-state index is 0.0419. The van der Waals surface area contributed by atoms with Crippen LogP contribution in [0.5, 0.6) is 0 Å². The first-order valence-electron chi connectivity index (χ1n) is 8.21. The van der Waals surface area contributed by atoms with Crippen LogP contribution in [0.1, 0.15) is 27.7 Å². The average Bonchev–Trinajstić information content (AvgIpc) is 2.45. The van der Waals surface area contributed by atoms with Gasteiger partial charge < -0.3 is 4.43 Å². The van der Waals surface area contributed by atoms with Crippen LogP contribution in [0.3, 0.4) is 0 Å². The van der Waals surface area contributed by atoms with Gasteiger partial charge in [0.05, 0.1) is 32.1 Å². The Balaban J connectivity index is 5.21. The summed E-state index contributed by atoms with van der Waals surface area (Å²) in [4.78, 5) is 16.4. The van der Waals surface area contributed by atoms with Gasteiger partial charge in [0.25, 0.3) is 10.1 Å². The van der Waals surface area contributed by atoms with E-state index >= 15 is 0 Å². The third-order valence-corrected chi connectivity index (χ3v) is 9.35. The van der Waals surface area contributed by atoms with Crippen molar-refractivity contribution in [3.05, 3.63) is 12.7 Å². The van der Waals surface area contributed by atoms with E-state index in [4.69, 9.17) is 13.4 Å². The number of hydrogen-bond donors (Lipinski definition) is 0. The van der Waals surface area contributed by atoms with Gasteiger partial charge in [-0.3, -0.25) is 13.8 Å². The molecule has 148 valence electrons. The van der Waals surface area contributed by atoms with Gasteiger partial charge in [-0.1, -0.05) is 33.8 Å². The van der Waals surface area contributed by atoms with Crippen molar-refractivity contribution in [3.63, 3.8) is 0 Å². The second kappa shape index (κ2) is 9.82. The highest BCUT2D eigenvalue weighted by Crippen LogP contribution is 2.38. The Morgan fingerprint density at radius 3 is 2.24 bits per heavy atom. The summed E-state index contributed by atoms with van der Waals surface area (Å²) in [6.45, 7) is 16.2. The van der Waals surface area contributed by atoms with Crippen molar-refractivity contribution in [2.75, 3.05) is 26.0 Å². The van der Waals surface area contributed by atoms with E-state index in [2.05, 4.69) is 40.4 Å². The lowest BCUT2D eigenvalue weighted by Gasteiger charge is -2.41. The zero-order valence-electron chi connectivity index (χ0n) is 16.4. The molecule has 0 rings (SSSR count). The number of carbonyl (C=O) groups excluding carboxylic acids is 1. The third-order valence-electron chi connectivity index (χ3n) is 4.28. The minimum atomic E-state index is -3.58. The zero-order valence-corrected chi connectivity index (χ0v) is 18.3. The number of hydroxylamine groups is 2. The molecule has 0 N–H and O–H groups in total. The van der Waals surface area contributed by atoms with E-state index in [-0.39, 0.29) is 30.7 Å². The molecule has 0 aliphatic carbocycles.